The summed E-state index contributed by atoms with van der Waals surface area (Å²) in [6.45, 7) is 8.39. The van der Waals surface area contributed by atoms with Crippen molar-refractivity contribution >= 4 is 11.8 Å². The molecule has 2 atom stereocenters. The van der Waals surface area contributed by atoms with Gasteiger partial charge >= 0.3 is 0 Å². The molecule has 1 N–H and O–H groups in total. The molecule has 94 valence electrons. The number of aromatic nitrogens is 2. The van der Waals surface area contributed by atoms with Gasteiger partial charge in [0.25, 0.3) is 0 Å². The van der Waals surface area contributed by atoms with Crippen LogP contribution in [0.4, 0.5) is 11.8 Å². The number of anilines is 2. The fourth-order valence-corrected chi connectivity index (χ4v) is 2.15. The van der Waals surface area contributed by atoms with Crippen molar-refractivity contribution < 1.29 is 0 Å². The molecule has 0 amide bonds. The molecular weight excluding hydrogens is 212 g/mol. The Balaban J connectivity index is 2.09. The van der Waals surface area contributed by atoms with Crippen molar-refractivity contribution in [3.8, 4) is 0 Å². The van der Waals surface area contributed by atoms with Crippen molar-refractivity contribution in [1.29, 1.82) is 0 Å². The zero-order chi connectivity index (χ0) is 12.4. The first-order chi connectivity index (χ1) is 8.11. The highest BCUT2D eigenvalue weighted by molar-refractivity contribution is 5.48. The van der Waals surface area contributed by atoms with Gasteiger partial charge in [-0.2, -0.15) is 4.98 Å². The summed E-state index contributed by atoms with van der Waals surface area (Å²) in [5.74, 6) is 3.50. The van der Waals surface area contributed by atoms with E-state index in [-0.39, 0.29) is 0 Å². The van der Waals surface area contributed by atoms with E-state index in [1.807, 2.05) is 6.20 Å². The first-order valence-electron chi connectivity index (χ1n) is 6.40. The number of nitrogens with one attached hydrogen (secondary N) is 1. The van der Waals surface area contributed by atoms with Crippen molar-refractivity contribution in [3.05, 3.63) is 11.8 Å². The summed E-state index contributed by atoms with van der Waals surface area (Å²) in [6.07, 6.45) is 3.25. The molecule has 17 heavy (non-hydrogen) atoms. The Kier molecular flexibility index (Phi) is 3.50. The Morgan fingerprint density at radius 3 is 2.82 bits per heavy atom. The highest BCUT2D eigenvalue weighted by atomic mass is 15.2. The van der Waals surface area contributed by atoms with E-state index < -0.39 is 0 Å². The van der Waals surface area contributed by atoms with E-state index in [2.05, 4.69) is 48.0 Å². The van der Waals surface area contributed by atoms with Crippen LogP contribution < -0.4 is 10.2 Å². The van der Waals surface area contributed by atoms with Gasteiger partial charge in [-0.3, -0.25) is 0 Å². The molecule has 4 heteroatoms. The third-order valence-corrected chi connectivity index (χ3v) is 3.43. The minimum absolute atomic E-state index is 0.726. The van der Waals surface area contributed by atoms with Gasteiger partial charge in [-0.15, -0.1) is 0 Å². The van der Waals surface area contributed by atoms with Gasteiger partial charge in [0.05, 0.1) is 0 Å². The summed E-state index contributed by atoms with van der Waals surface area (Å²) >= 11 is 0. The normalized spacial score (nSPS) is 22.4. The second kappa shape index (κ2) is 4.90. The Hall–Kier alpha value is -1.32. The van der Waals surface area contributed by atoms with E-state index in [0.29, 0.717) is 0 Å². The number of hydrogen-bond acceptors (Lipinski definition) is 4. The monoisotopic (exact) mass is 234 g/mol. The van der Waals surface area contributed by atoms with Crippen LogP contribution in [0.2, 0.25) is 0 Å². The molecule has 1 aliphatic carbocycles. The second-order valence-corrected chi connectivity index (χ2v) is 5.08. The van der Waals surface area contributed by atoms with Gasteiger partial charge in [-0.25, -0.2) is 4.98 Å². The van der Waals surface area contributed by atoms with Crippen LogP contribution in [0.1, 0.15) is 25.8 Å². The van der Waals surface area contributed by atoms with Crippen molar-refractivity contribution in [2.45, 2.75) is 27.2 Å². The number of rotatable bonds is 5. The molecule has 2 rings (SSSR count). The second-order valence-electron chi connectivity index (χ2n) is 5.08. The van der Waals surface area contributed by atoms with Gasteiger partial charge < -0.3 is 10.2 Å². The van der Waals surface area contributed by atoms with Crippen molar-refractivity contribution in [2.24, 2.45) is 11.8 Å². The fourth-order valence-electron chi connectivity index (χ4n) is 2.15. The van der Waals surface area contributed by atoms with E-state index in [1.54, 1.807) is 0 Å². The first-order valence-corrected chi connectivity index (χ1v) is 6.40. The molecule has 0 aliphatic heterocycles. The standard InChI is InChI=1S/C13H22N4/c1-5-14-13-15-7-10(3)12(16-13)17(4)8-11-6-9(11)2/h7,9,11H,5-6,8H2,1-4H3,(H,14,15,16). The number of hydrogen-bond donors (Lipinski definition) is 1. The van der Waals surface area contributed by atoms with E-state index in [4.69, 9.17) is 0 Å². The third-order valence-electron chi connectivity index (χ3n) is 3.43. The number of aryl methyl sites for hydroxylation is 1. The summed E-state index contributed by atoms with van der Waals surface area (Å²) in [4.78, 5) is 11.1. The molecule has 1 aliphatic rings. The van der Waals surface area contributed by atoms with Gasteiger partial charge in [-0.1, -0.05) is 6.92 Å². The molecular formula is C13H22N4. The topological polar surface area (TPSA) is 41.1 Å². The predicted octanol–water partition coefficient (Wildman–Crippen LogP) is 2.31. The summed E-state index contributed by atoms with van der Waals surface area (Å²) in [5, 5.41) is 3.16. The molecule has 1 aromatic rings. The molecule has 1 saturated carbocycles. The molecule has 2 unspecified atom stereocenters. The Bertz CT molecular complexity index is 391. The first kappa shape index (κ1) is 12.1. The number of nitrogens with zero attached hydrogens (tertiary/aromatic N) is 3. The van der Waals surface area contributed by atoms with Crippen molar-refractivity contribution in [3.63, 3.8) is 0 Å². The van der Waals surface area contributed by atoms with Crippen LogP contribution in [-0.4, -0.2) is 30.1 Å². The average molecular weight is 234 g/mol. The zero-order valence-electron chi connectivity index (χ0n) is 11.2. The maximum atomic E-state index is 4.57. The minimum atomic E-state index is 0.726. The SMILES string of the molecule is CCNc1ncc(C)c(N(C)CC2CC2C)n1. The summed E-state index contributed by atoms with van der Waals surface area (Å²) in [6, 6.07) is 0. The van der Waals surface area contributed by atoms with Gasteiger partial charge in [-0.05, 0) is 32.1 Å². The molecule has 0 aromatic carbocycles. The Labute approximate surface area is 103 Å². The highest BCUT2D eigenvalue weighted by Crippen LogP contribution is 2.38. The van der Waals surface area contributed by atoms with Crippen molar-refractivity contribution in [1.82, 2.24) is 9.97 Å². The van der Waals surface area contributed by atoms with Crippen LogP contribution in [0, 0.1) is 18.8 Å². The van der Waals surface area contributed by atoms with E-state index in [1.165, 1.54) is 6.42 Å². The highest BCUT2D eigenvalue weighted by Gasteiger charge is 2.33. The molecule has 1 heterocycles. The maximum Gasteiger partial charge on any atom is 0.224 e. The van der Waals surface area contributed by atoms with Crippen LogP contribution in [-0.2, 0) is 0 Å². The quantitative estimate of drug-likeness (QED) is 0.849. The Morgan fingerprint density at radius 1 is 1.53 bits per heavy atom. The van der Waals surface area contributed by atoms with Gasteiger partial charge in [0.1, 0.15) is 5.82 Å². The largest absolute Gasteiger partial charge is 0.359 e. The summed E-state index contributed by atoms with van der Waals surface area (Å²) < 4.78 is 0. The van der Waals surface area contributed by atoms with Crippen LogP contribution >= 0.6 is 0 Å². The van der Waals surface area contributed by atoms with Gasteiger partial charge in [0.2, 0.25) is 5.95 Å². The Morgan fingerprint density at radius 2 is 2.24 bits per heavy atom. The van der Waals surface area contributed by atoms with E-state index in [0.717, 1.165) is 42.3 Å². The van der Waals surface area contributed by atoms with Crippen LogP contribution in [0.25, 0.3) is 0 Å². The zero-order valence-corrected chi connectivity index (χ0v) is 11.2. The lowest BCUT2D eigenvalue weighted by Crippen LogP contribution is -2.23. The fraction of sp³-hybridized carbons (Fsp3) is 0.692. The minimum Gasteiger partial charge on any atom is -0.359 e. The van der Waals surface area contributed by atoms with Crippen LogP contribution in [0.5, 0.6) is 0 Å². The maximum absolute atomic E-state index is 4.57. The van der Waals surface area contributed by atoms with Crippen LogP contribution in [0.15, 0.2) is 6.20 Å². The molecule has 0 radical (unpaired) electrons. The van der Waals surface area contributed by atoms with E-state index >= 15 is 0 Å². The lowest BCUT2D eigenvalue weighted by atomic mass is 10.3. The van der Waals surface area contributed by atoms with Gasteiger partial charge in [0.15, 0.2) is 0 Å². The lowest BCUT2D eigenvalue weighted by Gasteiger charge is -2.20. The molecule has 0 saturated heterocycles. The smallest absolute Gasteiger partial charge is 0.224 e. The molecule has 1 fully saturated rings. The lowest BCUT2D eigenvalue weighted by molar-refractivity contribution is 0.717. The molecule has 0 spiro atoms. The van der Waals surface area contributed by atoms with E-state index in [9.17, 15) is 0 Å². The summed E-state index contributed by atoms with van der Waals surface area (Å²) in [5.41, 5.74) is 1.14. The predicted molar refractivity (Wildman–Crippen MR) is 71.5 cm³/mol. The third kappa shape index (κ3) is 2.87. The molecule has 0 bridgehead atoms. The average Bonchev–Trinajstić information content (AvgIpc) is 2.97. The summed E-state index contributed by atoms with van der Waals surface area (Å²) in [7, 11) is 2.12. The van der Waals surface area contributed by atoms with Crippen LogP contribution in [0.3, 0.4) is 0 Å². The molecule has 1 aromatic heterocycles. The van der Waals surface area contributed by atoms with Gasteiger partial charge in [0, 0.05) is 31.9 Å². The van der Waals surface area contributed by atoms with Crippen molar-refractivity contribution in [2.75, 3.05) is 30.4 Å². The molecule has 4 nitrogen and oxygen atoms in total.